The number of halogens is 2. The van der Waals surface area contributed by atoms with Crippen LogP contribution in [0.5, 0.6) is 0 Å². The maximum atomic E-state index is 12.4. The van der Waals surface area contributed by atoms with Crippen molar-refractivity contribution >= 4 is 43.5 Å². The molecule has 0 aliphatic carbocycles. The van der Waals surface area contributed by atoms with Crippen LogP contribution in [-0.2, 0) is 14.8 Å². The summed E-state index contributed by atoms with van der Waals surface area (Å²) in [6.07, 6.45) is 1.24. The number of rotatable bonds is 2. The smallest absolute Gasteiger partial charge is 0.244 e. The van der Waals surface area contributed by atoms with E-state index in [1.165, 1.54) is 23.5 Å². The van der Waals surface area contributed by atoms with Crippen molar-refractivity contribution in [2.45, 2.75) is 11.8 Å². The standard InChI is InChI=1S/C11H13BrClN3O3S/c1-8(17)15-2-4-16(5-3-15)20(18,19)9-6-10(12)11(13)14-7-9/h6-7H,2-5H2,1H3. The van der Waals surface area contributed by atoms with Crippen LogP contribution in [0.15, 0.2) is 21.6 Å². The fourth-order valence-corrected chi connectivity index (χ4v) is 3.94. The van der Waals surface area contributed by atoms with Crippen molar-refractivity contribution in [3.8, 4) is 0 Å². The molecule has 2 rings (SSSR count). The highest BCUT2D eigenvalue weighted by Crippen LogP contribution is 2.25. The van der Waals surface area contributed by atoms with Crippen LogP contribution in [0.1, 0.15) is 6.92 Å². The van der Waals surface area contributed by atoms with Crippen LogP contribution in [0, 0.1) is 0 Å². The van der Waals surface area contributed by atoms with E-state index < -0.39 is 10.0 Å². The SMILES string of the molecule is CC(=O)N1CCN(S(=O)(=O)c2cnc(Cl)c(Br)c2)CC1. The average Bonchev–Trinajstić information content (AvgIpc) is 2.41. The molecule has 1 aliphatic heterocycles. The number of carbonyl (C=O) groups is 1. The summed E-state index contributed by atoms with van der Waals surface area (Å²) in [5.41, 5.74) is 0. The van der Waals surface area contributed by atoms with Crippen LogP contribution in [0.4, 0.5) is 0 Å². The number of pyridine rings is 1. The van der Waals surface area contributed by atoms with E-state index in [0.717, 1.165) is 0 Å². The van der Waals surface area contributed by atoms with E-state index in [0.29, 0.717) is 17.6 Å². The van der Waals surface area contributed by atoms with Gasteiger partial charge in [0.2, 0.25) is 15.9 Å². The monoisotopic (exact) mass is 381 g/mol. The number of amides is 1. The third-order valence-electron chi connectivity index (χ3n) is 3.09. The van der Waals surface area contributed by atoms with E-state index >= 15 is 0 Å². The number of hydrogen-bond acceptors (Lipinski definition) is 4. The lowest BCUT2D eigenvalue weighted by molar-refractivity contribution is -0.129. The lowest BCUT2D eigenvalue weighted by Gasteiger charge is -2.33. The van der Waals surface area contributed by atoms with Crippen molar-refractivity contribution in [3.63, 3.8) is 0 Å². The van der Waals surface area contributed by atoms with Crippen LogP contribution < -0.4 is 0 Å². The predicted octanol–water partition coefficient (Wildman–Crippen LogP) is 1.35. The molecule has 0 radical (unpaired) electrons. The van der Waals surface area contributed by atoms with Gasteiger partial charge in [0, 0.05) is 39.3 Å². The van der Waals surface area contributed by atoms with Crippen molar-refractivity contribution in [1.29, 1.82) is 0 Å². The van der Waals surface area contributed by atoms with Gasteiger partial charge in [-0.3, -0.25) is 4.79 Å². The van der Waals surface area contributed by atoms with Crippen molar-refractivity contribution < 1.29 is 13.2 Å². The second kappa shape index (κ2) is 5.97. The van der Waals surface area contributed by atoms with Crippen molar-refractivity contribution in [2.24, 2.45) is 0 Å². The Labute approximate surface area is 130 Å². The molecule has 9 heteroatoms. The number of aromatic nitrogens is 1. The molecule has 0 aromatic carbocycles. The van der Waals surface area contributed by atoms with Gasteiger partial charge in [-0.25, -0.2) is 13.4 Å². The van der Waals surface area contributed by atoms with Gasteiger partial charge in [0.15, 0.2) is 0 Å². The van der Waals surface area contributed by atoms with Crippen LogP contribution in [0.2, 0.25) is 5.15 Å². The van der Waals surface area contributed by atoms with Gasteiger partial charge in [0.05, 0.1) is 4.47 Å². The molecular formula is C11H13BrClN3O3S. The minimum absolute atomic E-state index is 0.0436. The summed E-state index contributed by atoms with van der Waals surface area (Å²) < 4.78 is 26.7. The zero-order chi connectivity index (χ0) is 14.9. The normalized spacial score (nSPS) is 17.2. The number of carbonyl (C=O) groups excluding carboxylic acids is 1. The fraction of sp³-hybridized carbons (Fsp3) is 0.455. The van der Waals surface area contributed by atoms with Gasteiger partial charge in [0.25, 0.3) is 0 Å². The van der Waals surface area contributed by atoms with E-state index in [1.54, 1.807) is 4.90 Å². The highest BCUT2D eigenvalue weighted by Gasteiger charge is 2.29. The third-order valence-corrected chi connectivity index (χ3v) is 6.09. The molecule has 0 N–H and O–H groups in total. The summed E-state index contributed by atoms with van der Waals surface area (Å²) in [6, 6.07) is 1.43. The second-order valence-corrected chi connectivity index (χ2v) is 7.50. The molecule has 0 saturated carbocycles. The predicted molar refractivity (Wildman–Crippen MR) is 78.0 cm³/mol. The summed E-state index contributed by atoms with van der Waals surface area (Å²) in [5.74, 6) is -0.0436. The van der Waals surface area contributed by atoms with Crippen LogP contribution in [0.25, 0.3) is 0 Å². The second-order valence-electron chi connectivity index (χ2n) is 4.35. The van der Waals surface area contributed by atoms with Gasteiger partial charge in [0.1, 0.15) is 10.0 Å². The topological polar surface area (TPSA) is 70.6 Å². The van der Waals surface area contributed by atoms with E-state index in [2.05, 4.69) is 20.9 Å². The van der Waals surface area contributed by atoms with Gasteiger partial charge < -0.3 is 4.90 Å². The van der Waals surface area contributed by atoms with Crippen molar-refractivity contribution in [2.75, 3.05) is 26.2 Å². The summed E-state index contributed by atoms with van der Waals surface area (Å²) in [5, 5.41) is 0.213. The van der Waals surface area contributed by atoms with Gasteiger partial charge >= 0.3 is 0 Å². The molecule has 1 aromatic rings. The summed E-state index contributed by atoms with van der Waals surface area (Å²) in [4.78, 5) is 16.8. The largest absolute Gasteiger partial charge is 0.340 e. The highest BCUT2D eigenvalue weighted by atomic mass is 79.9. The van der Waals surface area contributed by atoms with Crippen molar-refractivity contribution in [1.82, 2.24) is 14.2 Å². The summed E-state index contributed by atoms with van der Waals surface area (Å²) in [7, 11) is -3.61. The van der Waals surface area contributed by atoms with E-state index in [-0.39, 0.29) is 29.0 Å². The first-order valence-electron chi connectivity index (χ1n) is 5.89. The molecule has 0 spiro atoms. The first-order valence-corrected chi connectivity index (χ1v) is 8.50. The maximum absolute atomic E-state index is 12.4. The Morgan fingerprint density at radius 1 is 1.35 bits per heavy atom. The molecule has 1 fully saturated rings. The third kappa shape index (κ3) is 3.13. The molecule has 20 heavy (non-hydrogen) atoms. The molecule has 1 aromatic heterocycles. The van der Waals surface area contributed by atoms with Gasteiger partial charge in [-0.05, 0) is 22.0 Å². The number of piperazine rings is 1. The number of sulfonamides is 1. The Morgan fingerprint density at radius 2 is 1.95 bits per heavy atom. The Bertz CT molecular complexity index is 630. The molecule has 1 amide bonds. The highest BCUT2D eigenvalue weighted by molar-refractivity contribution is 9.10. The minimum Gasteiger partial charge on any atom is -0.340 e. The van der Waals surface area contributed by atoms with Gasteiger partial charge in [-0.2, -0.15) is 4.31 Å². The molecule has 0 bridgehead atoms. The molecular weight excluding hydrogens is 370 g/mol. The maximum Gasteiger partial charge on any atom is 0.244 e. The first-order chi connectivity index (χ1) is 9.32. The molecule has 6 nitrogen and oxygen atoms in total. The minimum atomic E-state index is -3.61. The number of nitrogens with zero attached hydrogens (tertiary/aromatic N) is 3. The average molecular weight is 383 g/mol. The van der Waals surface area contributed by atoms with Crippen LogP contribution in [0.3, 0.4) is 0 Å². The summed E-state index contributed by atoms with van der Waals surface area (Å²) >= 11 is 8.92. The van der Waals surface area contributed by atoms with E-state index in [4.69, 9.17) is 11.6 Å². The molecule has 0 unspecified atom stereocenters. The van der Waals surface area contributed by atoms with E-state index in [1.807, 2.05) is 0 Å². The Balaban J connectivity index is 2.19. The zero-order valence-corrected chi connectivity index (χ0v) is 13.9. The Morgan fingerprint density at radius 3 is 2.45 bits per heavy atom. The molecule has 110 valence electrons. The van der Waals surface area contributed by atoms with Crippen LogP contribution in [-0.4, -0.2) is 54.7 Å². The first kappa shape index (κ1) is 15.7. The number of hydrogen-bond donors (Lipinski definition) is 0. The molecule has 0 atom stereocenters. The van der Waals surface area contributed by atoms with Crippen LogP contribution >= 0.6 is 27.5 Å². The molecule has 1 saturated heterocycles. The fourth-order valence-electron chi connectivity index (χ4n) is 1.94. The Hall–Kier alpha value is -0.700. The van der Waals surface area contributed by atoms with Gasteiger partial charge in [-0.15, -0.1) is 0 Å². The summed E-state index contributed by atoms with van der Waals surface area (Å²) in [6.45, 7) is 2.84. The quantitative estimate of drug-likeness (QED) is 0.724. The van der Waals surface area contributed by atoms with Gasteiger partial charge in [-0.1, -0.05) is 11.6 Å². The Kier molecular flexibility index (Phi) is 4.68. The van der Waals surface area contributed by atoms with Crippen molar-refractivity contribution in [3.05, 3.63) is 21.9 Å². The molecule has 2 heterocycles. The van der Waals surface area contributed by atoms with E-state index in [9.17, 15) is 13.2 Å². The lowest BCUT2D eigenvalue weighted by atomic mass is 10.3. The lowest BCUT2D eigenvalue weighted by Crippen LogP contribution is -2.49. The zero-order valence-electron chi connectivity index (χ0n) is 10.7. The molecule has 1 aliphatic rings.